The van der Waals surface area contributed by atoms with Gasteiger partial charge >= 0.3 is 11.9 Å². The summed E-state index contributed by atoms with van der Waals surface area (Å²) in [5.41, 5.74) is 0.364. The van der Waals surface area contributed by atoms with Crippen LogP contribution in [-0.2, 0) is 9.53 Å². The number of carbonyl (C=O) groups excluding carboxylic acids is 2. The summed E-state index contributed by atoms with van der Waals surface area (Å²) in [7, 11) is 1.41. The summed E-state index contributed by atoms with van der Waals surface area (Å²) in [6, 6.07) is 9.43. The van der Waals surface area contributed by atoms with E-state index in [1.165, 1.54) is 37.6 Å². The SMILES string of the molecule is CCOC(=O)C(C#N)=Cc1ccc(OC(=O)c2ccco2)c(OC)c1. The molecular weight excluding hydrogens is 326 g/mol. The van der Waals surface area contributed by atoms with E-state index in [9.17, 15) is 9.59 Å². The van der Waals surface area contributed by atoms with Crippen molar-refractivity contribution in [1.29, 1.82) is 5.26 Å². The Morgan fingerprint density at radius 1 is 1.28 bits per heavy atom. The van der Waals surface area contributed by atoms with E-state index < -0.39 is 11.9 Å². The van der Waals surface area contributed by atoms with Crippen molar-refractivity contribution in [1.82, 2.24) is 0 Å². The van der Waals surface area contributed by atoms with Crippen LogP contribution in [-0.4, -0.2) is 25.7 Å². The molecule has 0 saturated heterocycles. The summed E-state index contributed by atoms with van der Waals surface area (Å²) in [5.74, 6) is -0.890. The van der Waals surface area contributed by atoms with Crippen LogP contribution in [0.2, 0.25) is 0 Å². The van der Waals surface area contributed by atoms with Crippen molar-refractivity contribution in [2.24, 2.45) is 0 Å². The highest BCUT2D eigenvalue weighted by Gasteiger charge is 2.16. The van der Waals surface area contributed by atoms with Crippen molar-refractivity contribution in [3.05, 3.63) is 53.5 Å². The number of hydrogen-bond acceptors (Lipinski definition) is 7. The summed E-state index contributed by atoms with van der Waals surface area (Å²) in [5, 5.41) is 9.06. The number of esters is 2. The highest BCUT2D eigenvalue weighted by Crippen LogP contribution is 2.29. The summed E-state index contributed by atoms with van der Waals surface area (Å²) in [4.78, 5) is 23.6. The minimum Gasteiger partial charge on any atom is -0.493 e. The van der Waals surface area contributed by atoms with E-state index in [-0.39, 0.29) is 29.4 Å². The van der Waals surface area contributed by atoms with Crippen molar-refractivity contribution < 1.29 is 28.2 Å². The molecule has 0 radical (unpaired) electrons. The molecule has 0 N–H and O–H groups in total. The lowest BCUT2D eigenvalue weighted by Crippen LogP contribution is -2.08. The van der Waals surface area contributed by atoms with Crippen LogP contribution in [0, 0.1) is 11.3 Å². The second-order valence-electron chi connectivity index (χ2n) is 4.67. The van der Waals surface area contributed by atoms with Crippen LogP contribution in [0.4, 0.5) is 0 Å². The molecular formula is C18H15NO6. The fraction of sp³-hybridized carbons (Fsp3) is 0.167. The number of ether oxygens (including phenoxy) is 3. The molecule has 0 saturated carbocycles. The first-order valence-corrected chi connectivity index (χ1v) is 7.31. The second kappa shape index (κ2) is 8.36. The number of nitrogens with zero attached hydrogens (tertiary/aromatic N) is 1. The topological polar surface area (TPSA) is 98.8 Å². The van der Waals surface area contributed by atoms with Crippen molar-refractivity contribution in [3.63, 3.8) is 0 Å². The van der Waals surface area contributed by atoms with Crippen LogP contribution in [0.1, 0.15) is 23.0 Å². The fourth-order valence-electron chi connectivity index (χ4n) is 1.92. The quantitative estimate of drug-likeness (QED) is 0.345. The van der Waals surface area contributed by atoms with Crippen LogP contribution in [0.15, 0.2) is 46.6 Å². The number of methoxy groups -OCH3 is 1. The van der Waals surface area contributed by atoms with Gasteiger partial charge in [-0.1, -0.05) is 6.07 Å². The minimum absolute atomic E-state index is 0.0557. The lowest BCUT2D eigenvalue weighted by molar-refractivity contribution is -0.137. The van der Waals surface area contributed by atoms with Gasteiger partial charge in [0, 0.05) is 0 Å². The smallest absolute Gasteiger partial charge is 0.379 e. The Kier molecular flexibility index (Phi) is 5.96. The first kappa shape index (κ1) is 17.8. The van der Waals surface area contributed by atoms with Gasteiger partial charge in [-0.2, -0.15) is 5.26 Å². The van der Waals surface area contributed by atoms with Gasteiger partial charge in [0.15, 0.2) is 11.5 Å². The maximum atomic E-state index is 11.9. The molecule has 0 amide bonds. The number of hydrogen-bond donors (Lipinski definition) is 0. The Bertz CT molecular complexity index is 830. The lowest BCUT2D eigenvalue weighted by atomic mass is 10.1. The Labute approximate surface area is 144 Å². The zero-order valence-electron chi connectivity index (χ0n) is 13.6. The van der Waals surface area contributed by atoms with Gasteiger partial charge in [0.05, 0.1) is 20.0 Å². The Morgan fingerprint density at radius 3 is 2.68 bits per heavy atom. The standard InChI is InChI=1S/C18H15NO6/c1-3-23-17(20)13(11-19)9-12-6-7-14(16(10-12)22-2)25-18(21)15-5-4-8-24-15/h4-10H,3H2,1-2H3. The molecule has 25 heavy (non-hydrogen) atoms. The molecule has 0 aliphatic carbocycles. The summed E-state index contributed by atoms with van der Waals surface area (Å²) < 4.78 is 20.2. The summed E-state index contributed by atoms with van der Waals surface area (Å²) in [6.45, 7) is 1.82. The van der Waals surface area contributed by atoms with Crippen LogP contribution in [0.3, 0.4) is 0 Å². The van der Waals surface area contributed by atoms with Gasteiger partial charge in [0.25, 0.3) is 0 Å². The third-order valence-electron chi connectivity index (χ3n) is 3.04. The third-order valence-corrected chi connectivity index (χ3v) is 3.04. The van der Waals surface area contributed by atoms with Gasteiger partial charge in [0.1, 0.15) is 11.6 Å². The highest BCUT2D eigenvalue weighted by atomic mass is 16.6. The average molecular weight is 341 g/mol. The van der Waals surface area contributed by atoms with Crippen molar-refractivity contribution in [2.45, 2.75) is 6.92 Å². The van der Waals surface area contributed by atoms with Crippen LogP contribution in [0.25, 0.3) is 6.08 Å². The minimum atomic E-state index is -0.711. The molecule has 1 aromatic carbocycles. The second-order valence-corrected chi connectivity index (χ2v) is 4.67. The third kappa shape index (κ3) is 4.48. The zero-order valence-corrected chi connectivity index (χ0v) is 13.6. The van der Waals surface area contributed by atoms with E-state index in [0.29, 0.717) is 5.56 Å². The predicted molar refractivity (Wildman–Crippen MR) is 86.9 cm³/mol. The molecule has 128 valence electrons. The number of benzene rings is 1. The van der Waals surface area contributed by atoms with Gasteiger partial charge in [-0.25, -0.2) is 9.59 Å². The van der Waals surface area contributed by atoms with Gasteiger partial charge in [0.2, 0.25) is 5.76 Å². The molecule has 0 spiro atoms. The van der Waals surface area contributed by atoms with Crippen molar-refractivity contribution in [3.8, 4) is 17.6 Å². The van der Waals surface area contributed by atoms with Gasteiger partial charge in [-0.3, -0.25) is 0 Å². The van der Waals surface area contributed by atoms with Crippen LogP contribution in [0.5, 0.6) is 11.5 Å². The van der Waals surface area contributed by atoms with Crippen molar-refractivity contribution >= 4 is 18.0 Å². The molecule has 0 aliphatic heterocycles. The first-order valence-electron chi connectivity index (χ1n) is 7.31. The van der Waals surface area contributed by atoms with Crippen LogP contribution < -0.4 is 9.47 Å². The molecule has 0 atom stereocenters. The van der Waals surface area contributed by atoms with Gasteiger partial charge in [-0.05, 0) is 42.8 Å². The number of rotatable bonds is 6. The Morgan fingerprint density at radius 2 is 2.08 bits per heavy atom. The zero-order chi connectivity index (χ0) is 18.2. The molecule has 2 rings (SSSR count). The van der Waals surface area contributed by atoms with E-state index in [0.717, 1.165) is 0 Å². The van der Waals surface area contributed by atoms with Gasteiger partial charge in [-0.15, -0.1) is 0 Å². The number of carbonyl (C=O) groups is 2. The molecule has 1 aromatic heterocycles. The Balaban J connectivity index is 2.25. The van der Waals surface area contributed by atoms with Crippen molar-refractivity contribution in [2.75, 3.05) is 13.7 Å². The fourth-order valence-corrected chi connectivity index (χ4v) is 1.92. The van der Waals surface area contributed by atoms with E-state index >= 15 is 0 Å². The molecule has 0 fully saturated rings. The molecule has 0 unspecified atom stereocenters. The number of furan rings is 1. The van der Waals surface area contributed by atoms with E-state index in [4.69, 9.17) is 23.9 Å². The molecule has 1 heterocycles. The maximum Gasteiger partial charge on any atom is 0.379 e. The largest absolute Gasteiger partial charge is 0.493 e. The molecule has 0 aliphatic rings. The first-order chi connectivity index (χ1) is 12.1. The summed E-state index contributed by atoms with van der Waals surface area (Å²) in [6.07, 6.45) is 2.72. The Hall–Kier alpha value is -3.53. The molecule has 0 bridgehead atoms. The van der Waals surface area contributed by atoms with E-state index in [2.05, 4.69) is 0 Å². The molecule has 2 aromatic rings. The normalized spacial score (nSPS) is 10.7. The summed E-state index contributed by atoms with van der Waals surface area (Å²) >= 11 is 0. The average Bonchev–Trinajstić information content (AvgIpc) is 3.15. The lowest BCUT2D eigenvalue weighted by Gasteiger charge is -2.09. The monoisotopic (exact) mass is 341 g/mol. The van der Waals surface area contributed by atoms with E-state index in [1.807, 2.05) is 0 Å². The highest BCUT2D eigenvalue weighted by molar-refractivity contribution is 5.98. The molecule has 7 nitrogen and oxygen atoms in total. The van der Waals surface area contributed by atoms with Crippen LogP contribution >= 0.6 is 0 Å². The predicted octanol–water partition coefficient (Wildman–Crippen LogP) is 2.98. The number of nitriles is 1. The van der Waals surface area contributed by atoms with E-state index in [1.54, 1.807) is 25.1 Å². The maximum absolute atomic E-state index is 11.9. The molecule has 7 heteroatoms. The van der Waals surface area contributed by atoms with Gasteiger partial charge < -0.3 is 18.6 Å².